The van der Waals surface area contributed by atoms with Crippen LogP contribution in [0.1, 0.15) is 84.5 Å². The number of hydrogen-bond acceptors (Lipinski definition) is 4. The molecule has 3 unspecified atom stereocenters. The molecule has 3 atom stereocenters. The standard InChI is InChI=1S/C25H32N2O3/c1-3-30-25(29)19-14-12-18(13-15-19)23(24(26)28)17(2)20-9-6-7-10-21(20)22-11-5-4-8-16-27-22/h6-7,9-10,12-15,17,22-23,27H,3-5,8,11,16H2,1-2H3,(H2,26,28). The SMILES string of the molecule is CCOC(=O)c1ccc(C(C(N)=O)C(C)c2ccccc2C2CCCCCN2)cc1. The number of carbonyl (C=O) groups excluding carboxylic acids is 2. The first kappa shape index (κ1) is 22.0. The van der Waals surface area contributed by atoms with Gasteiger partial charge < -0.3 is 15.8 Å². The van der Waals surface area contributed by atoms with Crippen LogP contribution in [0.15, 0.2) is 48.5 Å². The van der Waals surface area contributed by atoms with E-state index in [1.807, 2.05) is 18.2 Å². The molecule has 2 aromatic rings. The zero-order valence-electron chi connectivity index (χ0n) is 17.9. The average Bonchev–Trinajstić information content (AvgIpc) is 3.04. The second kappa shape index (κ2) is 10.4. The van der Waals surface area contributed by atoms with Gasteiger partial charge in [0.2, 0.25) is 5.91 Å². The zero-order valence-corrected chi connectivity index (χ0v) is 17.9. The molecule has 2 aromatic carbocycles. The number of nitrogens with two attached hydrogens (primary N) is 1. The molecule has 30 heavy (non-hydrogen) atoms. The summed E-state index contributed by atoms with van der Waals surface area (Å²) >= 11 is 0. The third-order valence-electron chi connectivity index (χ3n) is 6.01. The first-order valence-corrected chi connectivity index (χ1v) is 10.9. The van der Waals surface area contributed by atoms with Gasteiger partial charge in [-0.1, -0.05) is 56.2 Å². The Morgan fingerprint density at radius 3 is 2.53 bits per heavy atom. The molecule has 1 aliphatic heterocycles. The Morgan fingerprint density at radius 1 is 1.10 bits per heavy atom. The van der Waals surface area contributed by atoms with Crippen LogP contribution >= 0.6 is 0 Å². The largest absolute Gasteiger partial charge is 0.462 e. The summed E-state index contributed by atoms with van der Waals surface area (Å²) in [4.78, 5) is 24.4. The number of carbonyl (C=O) groups is 2. The van der Waals surface area contributed by atoms with Gasteiger partial charge in [-0.25, -0.2) is 4.79 Å². The molecule has 160 valence electrons. The Kier molecular flexibility index (Phi) is 7.63. The van der Waals surface area contributed by atoms with E-state index in [-0.39, 0.29) is 17.8 Å². The van der Waals surface area contributed by atoms with Crippen molar-refractivity contribution in [3.8, 4) is 0 Å². The number of rotatable bonds is 7. The van der Waals surface area contributed by atoms with Crippen molar-refractivity contribution in [3.63, 3.8) is 0 Å². The van der Waals surface area contributed by atoms with E-state index in [0.29, 0.717) is 18.2 Å². The fourth-order valence-corrected chi connectivity index (χ4v) is 4.46. The van der Waals surface area contributed by atoms with Crippen LogP contribution in [-0.4, -0.2) is 25.0 Å². The van der Waals surface area contributed by atoms with Crippen LogP contribution in [0.3, 0.4) is 0 Å². The van der Waals surface area contributed by atoms with Crippen molar-refractivity contribution >= 4 is 11.9 Å². The number of ether oxygens (including phenoxy) is 1. The number of nitrogens with one attached hydrogen (secondary N) is 1. The molecular weight excluding hydrogens is 376 g/mol. The number of benzene rings is 2. The van der Waals surface area contributed by atoms with Crippen molar-refractivity contribution in [1.82, 2.24) is 5.32 Å². The summed E-state index contributed by atoms with van der Waals surface area (Å²) in [5.41, 5.74) is 9.54. The monoisotopic (exact) mass is 408 g/mol. The number of amides is 1. The molecule has 1 fully saturated rings. The Bertz CT molecular complexity index is 855. The highest BCUT2D eigenvalue weighted by Gasteiger charge is 2.29. The molecular formula is C25H32N2O3. The van der Waals surface area contributed by atoms with E-state index in [4.69, 9.17) is 10.5 Å². The van der Waals surface area contributed by atoms with Gasteiger partial charge in [0.1, 0.15) is 0 Å². The minimum Gasteiger partial charge on any atom is -0.462 e. The number of esters is 1. The van der Waals surface area contributed by atoms with E-state index in [9.17, 15) is 9.59 Å². The van der Waals surface area contributed by atoms with Crippen molar-refractivity contribution in [3.05, 3.63) is 70.8 Å². The molecule has 1 amide bonds. The third kappa shape index (κ3) is 5.08. The second-order valence-corrected chi connectivity index (χ2v) is 8.00. The first-order chi connectivity index (χ1) is 14.5. The lowest BCUT2D eigenvalue weighted by Gasteiger charge is -2.27. The van der Waals surface area contributed by atoms with Crippen LogP contribution in [0.4, 0.5) is 0 Å². The molecule has 0 aromatic heterocycles. The summed E-state index contributed by atoms with van der Waals surface area (Å²) in [6.07, 6.45) is 4.75. The van der Waals surface area contributed by atoms with Gasteiger partial charge in [0.15, 0.2) is 0 Å². The minimum absolute atomic E-state index is 0.0859. The van der Waals surface area contributed by atoms with Gasteiger partial charge in [0.05, 0.1) is 18.1 Å². The highest BCUT2D eigenvalue weighted by Crippen LogP contribution is 2.37. The van der Waals surface area contributed by atoms with Gasteiger partial charge in [-0.05, 0) is 61.1 Å². The second-order valence-electron chi connectivity index (χ2n) is 8.00. The lowest BCUT2D eigenvalue weighted by molar-refractivity contribution is -0.119. The lowest BCUT2D eigenvalue weighted by atomic mass is 9.79. The topological polar surface area (TPSA) is 81.4 Å². The molecule has 1 aliphatic rings. The summed E-state index contributed by atoms with van der Waals surface area (Å²) in [6, 6.07) is 15.7. The van der Waals surface area contributed by atoms with E-state index < -0.39 is 5.92 Å². The van der Waals surface area contributed by atoms with Gasteiger partial charge >= 0.3 is 5.97 Å². The quantitative estimate of drug-likeness (QED) is 0.664. The summed E-state index contributed by atoms with van der Waals surface area (Å²) in [5, 5.41) is 3.67. The van der Waals surface area contributed by atoms with Gasteiger partial charge in [-0.2, -0.15) is 0 Å². The highest BCUT2D eigenvalue weighted by atomic mass is 16.5. The van der Waals surface area contributed by atoms with Crippen LogP contribution in [0.5, 0.6) is 0 Å². The molecule has 0 bridgehead atoms. The number of hydrogen-bond donors (Lipinski definition) is 2. The maximum Gasteiger partial charge on any atom is 0.338 e. The molecule has 5 nitrogen and oxygen atoms in total. The molecule has 0 saturated carbocycles. The Morgan fingerprint density at radius 2 is 1.83 bits per heavy atom. The first-order valence-electron chi connectivity index (χ1n) is 10.9. The molecule has 1 heterocycles. The van der Waals surface area contributed by atoms with E-state index in [2.05, 4.69) is 30.4 Å². The van der Waals surface area contributed by atoms with Gasteiger partial charge in [0.25, 0.3) is 0 Å². The Labute approximate surface area is 179 Å². The normalized spacial score (nSPS) is 18.8. The van der Waals surface area contributed by atoms with E-state index in [0.717, 1.165) is 24.1 Å². The summed E-state index contributed by atoms with van der Waals surface area (Å²) in [6.45, 7) is 5.18. The highest BCUT2D eigenvalue weighted by molar-refractivity contribution is 5.90. The van der Waals surface area contributed by atoms with E-state index in [1.54, 1.807) is 19.1 Å². The molecule has 5 heteroatoms. The van der Waals surface area contributed by atoms with Gasteiger partial charge in [0, 0.05) is 6.04 Å². The summed E-state index contributed by atoms with van der Waals surface area (Å²) in [5.74, 6) is -1.29. The smallest absolute Gasteiger partial charge is 0.338 e. The lowest BCUT2D eigenvalue weighted by Crippen LogP contribution is -2.28. The minimum atomic E-state index is -0.479. The maximum atomic E-state index is 12.5. The number of primary amides is 1. The Balaban J connectivity index is 1.90. The molecule has 0 spiro atoms. The van der Waals surface area contributed by atoms with Crippen molar-refractivity contribution in [2.45, 2.75) is 57.4 Å². The van der Waals surface area contributed by atoms with Crippen molar-refractivity contribution in [2.75, 3.05) is 13.2 Å². The van der Waals surface area contributed by atoms with E-state index >= 15 is 0 Å². The van der Waals surface area contributed by atoms with Crippen LogP contribution in [0, 0.1) is 0 Å². The van der Waals surface area contributed by atoms with Crippen LogP contribution < -0.4 is 11.1 Å². The van der Waals surface area contributed by atoms with Gasteiger partial charge in [-0.15, -0.1) is 0 Å². The maximum absolute atomic E-state index is 12.5. The molecule has 0 radical (unpaired) electrons. The molecule has 0 aliphatic carbocycles. The third-order valence-corrected chi connectivity index (χ3v) is 6.01. The van der Waals surface area contributed by atoms with Crippen LogP contribution in [0.2, 0.25) is 0 Å². The average molecular weight is 409 g/mol. The van der Waals surface area contributed by atoms with E-state index in [1.165, 1.54) is 24.8 Å². The van der Waals surface area contributed by atoms with Gasteiger partial charge in [-0.3, -0.25) is 4.79 Å². The predicted octanol–water partition coefficient (Wildman–Crippen LogP) is 4.44. The Hall–Kier alpha value is -2.66. The fraction of sp³-hybridized carbons (Fsp3) is 0.440. The zero-order chi connectivity index (χ0) is 21.5. The predicted molar refractivity (Wildman–Crippen MR) is 118 cm³/mol. The van der Waals surface area contributed by atoms with Crippen LogP contribution in [-0.2, 0) is 9.53 Å². The molecule has 3 rings (SSSR count). The van der Waals surface area contributed by atoms with Crippen LogP contribution in [0.25, 0.3) is 0 Å². The van der Waals surface area contributed by atoms with Crippen molar-refractivity contribution in [1.29, 1.82) is 0 Å². The van der Waals surface area contributed by atoms with Crippen molar-refractivity contribution in [2.24, 2.45) is 5.73 Å². The summed E-state index contributed by atoms with van der Waals surface area (Å²) < 4.78 is 5.05. The summed E-state index contributed by atoms with van der Waals surface area (Å²) in [7, 11) is 0. The molecule has 3 N–H and O–H groups in total. The molecule has 1 saturated heterocycles. The fourth-order valence-electron chi connectivity index (χ4n) is 4.46. The van der Waals surface area contributed by atoms with Crippen molar-refractivity contribution < 1.29 is 14.3 Å².